The molecule has 0 saturated carbocycles. The Kier molecular flexibility index (Phi) is 7.12. The summed E-state index contributed by atoms with van der Waals surface area (Å²) in [6.07, 6.45) is 2.40. The van der Waals surface area contributed by atoms with Gasteiger partial charge in [0.1, 0.15) is 17.5 Å². The second-order valence-corrected chi connectivity index (χ2v) is 9.07. The Morgan fingerprint density at radius 3 is 2.47 bits per heavy atom. The number of piperazine rings is 1. The Bertz CT molecular complexity index is 1120. The molecular weight excluding hydrogens is 467 g/mol. The number of benzene rings is 2. The summed E-state index contributed by atoms with van der Waals surface area (Å²) in [5.41, 5.74) is 8.55. The molecule has 2 N–H and O–H groups in total. The van der Waals surface area contributed by atoms with E-state index >= 15 is 0 Å². The molecule has 0 spiro atoms. The van der Waals surface area contributed by atoms with Gasteiger partial charge in [0.05, 0.1) is 22.9 Å². The lowest BCUT2D eigenvalue weighted by Gasteiger charge is -2.43. The summed E-state index contributed by atoms with van der Waals surface area (Å²) in [5, 5.41) is 15.2. The molecule has 0 amide bonds. The van der Waals surface area contributed by atoms with Crippen molar-refractivity contribution >= 4 is 46.3 Å². The van der Waals surface area contributed by atoms with E-state index in [1.165, 1.54) is 11.8 Å². The fourth-order valence-electron chi connectivity index (χ4n) is 4.12. The minimum absolute atomic E-state index is 0.125. The molecule has 6 nitrogen and oxygen atoms in total. The average molecular weight is 490 g/mol. The van der Waals surface area contributed by atoms with Gasteiger partial charge in [0.15, 0.2) is 0 Å². The molecule has 3 aromatic rings. The number of hydrogen-bond donors (Lipinski definition) is 1. The van der Waals surface area contributed by atoms with E-state index in [2.05, 4.69) is 33.1 Å². The van der Waals surface area contributed by atoms with Crippen LogP contribution in [0, 0.1) is 11.3 Å². The molecule has 4 rings (SSSR count). The lowest BCUT2D eigenvalue weighted by molar-refractivity contribution is 0.217. The van der Waals surface area contributed by atoms with Crippen molar-refractivity contribution in [2.75, 3.05) is 36.8 Å². The molecule has 2 heterocycles. The maximum Gasteiger partial charge on any atom is 0.139 e. The standard InChI is InChI=1S/C23H23Cl3N6/c24-18-4-2-16(3-5-18)22-15-30(8-1-9-32-23(28)17(13-27)14-29-32)10-11-31(22)21-7-6-19(25)12-20(21)26/h2-7,12,14,22H,1,8-11,15,28H2/t22-/m0/s1. The maximum absolute atomic E-state index is 9.05. The fourth-order valence-corrected chi connectivity index (χ4v) is 4.76. The SMILES string of the molecule is N#Cc1cnn(CCCN2CCN(c3ccc(Cl)cc3Cl)[C@H](c3ccc(Cl)cc3)C2)c1N. The smallest absolute Gasteiger partial charge is 0.139 e. The van der Waals surface area contributed by atoms with Crippen LogP contribution >= 0.6 is 34.8 Å². The molecular formula is C23H23Cl3N6. The number of anilines is 2. The molecule has 0 bridgehead atoms. The van der Waals surface area contributed by atoms with E-state index in [4.69, 9.17) is 45.8 Å². The van der Waals surface area contributed by atoms with Crippen molar-refractivity contribution in [3.05, 3.63) is 74.9 Å². The van der Waals surface area contributed by atoms with Crippen LogP contribution in [0.1, 0.15) is 23.6 Å². The molecule has 1 saturated heterocycles. The molecule has 1 atom stereocenters. The molecule has 0 aliphatic carbocycles. The van der Waals surface area contributed by atoms with Crippen LogP contribution in [0.2, 0.25) is 15.1 Å². The second kappa shape index (κ2) is 10.0. The van der Waals surface area contributed by atoms with E-state index in [9.17, 15) is 0 Å². The zero-order valence-electron chi connectivity index (χ0n) is 17.4. The summed E-state index contributed by atoms with van der Waals surface area (Å²) in [4.78, 5) is 4.77. The van der Waals surface area contributed by atoms with E-state index in [0.717, 1.165) is 38.3 Å². The van der Waals surface area contributed by atoms with E-state index in [1.54, 1.807) is 10.7 Å². The predicted octanol–water partition coefficient (Wildman–Crippen LogP) is 5.25. The summed E-state index contributed by atoms with van der Waals surface area (Å²) in [7, 11) is 0. The van der Waals surface area contributed by atoms with Crippen molar-refractivity contribution in [1.29, 1.82) is 5.26 Å². The first-order chi connectivity index (χ1) is 15.5. The lowest BCUT2D eigenvalue weighted by atomic mass is 10.0. The summed E-state index contributed by atoms with van der Waals surface area (Å²) in [6, 6.07) is 15.8. The summed E-state index contributed by atoms with van der Waals surface area (Å²) in [5.74, 6) is 0.425. The summed E-state index contributed by atoms with van der Waals surface area (Å²) < 4.78 is 1.69. The molecule has 1 fully saturated rings. The van der Waals surface area contributed by atoms with Crippen LogP contribution in [0.25, 0.3) is 0 Å². The largest absolute Gasteiger partial charge is 0.383 e. The summed E-state index contributed by atoms with van der Waals surface area (Å²) >= 11 is 18.8. The number of halogens is 3. The first-order valence-electron chi connectivity index (χ1n) is 10.4. The lowest BCUT2D eigenvalue weighted by Crippen LogP contribution is -2.49. The Hall–Kier alpha value is -2.43. The topological polar surface area (TPSA) is 74.1 Å². The number of aryl methyl sites for hydroxylation is 1. The predicted molar refractivity (Wildman–Crippen MR) is 130 cm³/mol. The van der Waals surface area contributed by atoms with Gasteiger partial charge in [-0.1, -0.05) is 46.9 Å². The van der Waals surface area contributed by atoms with Gasteiger partial charge < -0.3 is 10.6 Å². The van der Waals surface area contributed by atoms with Gasteiger partial charge in [0.2, 0.25) is 0 Å². The van der Waals surface area contributed by atoms with Gasteiger partial charge in [-0.05, 0) is 42.3 Å². The molecule has 32 heavy (non-hydrogen) atoms. The fraction of sp³-hybridized carbons (Fsp3) is 0.304. The second-order valence-electron chi connectivity index (χ2n) is 7.79. The first kappa shape index (κ1) is 22.8. The molecule has 166 valence electrons. The third-order valence-corrected chi connectivity index (χ3v) is 6.57. The number of nitrogen functional groups attached to an aromatic ring is 1. The van der Waals surface area contributed by atoms with Crippen molar-refractivity contribution in [2.24, 2.45) is 0 Å². The number of nitriles is 1. The van der Waals surface area contributed by atoms with Gasteiger partial charge in [0.25, 0.3) is 0 Å². The van der Waals surface area contributed by atoms with Crippen molar-refractivity contribution in [1.82, 2.24) is 14.7 Å². The first-order valence-corrected chi connectivity index (χ1v) is 11.5. The van der Waals surface area contributed by atoms with Crippen LogP contribution in [0.3, 0.4) is 0 Å². The van der Waals surface area contributed by atoms with Crippen molar-refractivity contribution in [3.63, 3.8) is 0 Å². The van der Waals surface area contributed by atoms with Gasteiger partial charge in [-0.15, -0.1) is 0 Å². The van der Waals surface area contributed by atoms with E-state index < -0.39 is 0 Å². The minimum atomic E-state index is 0.125. The average Bonchev–Trinajstić information content (AvgIpc) is 3.14. The third kappa shape index (κ3) is 4.97. The molecule has 1 aliphatic heterocycles. The Balaban J connectivity index is 1.49. The van der Waals surface area contributed by atoms with Gasteiger partial charge in [-0.25, -0.2) is 4.68 Å². The van der Waals surface area contributed by atoms with Crippen LogP contribution in [0.5, 0.6) is 0 Å². The number of rotatable bonds is 6. The zero-order valence-corrected chi connectivity index (χ0v) is 19.7. The molecule has 0 radical (unpaired) electrons. The molecule has 9 heteroatoms. The highest BCUT2D eigenvalue weighted by atomic mass is 35.5. The van der Waals surface area contributed by atoms with Crippen LogP contribution in [-0.2, 0) is 6.54 Å². The van der Waals surface area contributed by atoms with E-state index in [-0.39, 0.29) is 6.04 Å². The number of nitrogens with zero attached hydrogens (tertiary/aromatic N) is 5. The normalized spacial score (nSPS) is 16.8. The Labute approximate surface area is 202 Å². The Morgan fingerprint density at radius 1 is 1.03 bits per heavy atom. The van der Waals surface area contributed by atoms with Gasteiger partial charge in [-0.2, -0.15) is 10.4 Å². The van der Waals surface area contributed by atoms with Crippen LogP contribution < -0.4 is 10.6 Å². The highest BCUT2D eigenvalue weighted by Crippen LogP contribution is 2.36. The van der Waals surface area contributed by atoms with E-state index in [1.807, 2.05) is 24.3 Å². The highest BCUT2D eigenvalue weighted by Gasteiger charge is 2.29. The van der Waals surface area contributed by atoms with Crippen molar-refractivity contribution in [2.45, 2.75) is 19.0 Å². The van der Waals surface area contributed by atoms with Gasteiger partial charge in [-0.3, -0.25) is 4.90 Å². The van der Waals surface area contributed by atoms with Crippen LogP contribution in [-0.4, -0.2) is 40.9 Å². The summed E-state index contributed by atoms with van der Waals surface area (Å²) in [6.45, 7) is 4.15. The number of nitrogens with two attached hydrogens (primary N) is 1. The number of aromatic nitrogens is 2. The van der Waals surface area contributed by atoms with Crippen LogP contribution in [0.4, 0.5) is 11.5 Å². The van der Waals surface area contributed by atoms with Crippen molar-refractivity contribution in [3.8, 4) is 6.07 Å². The quantitative estimate of drug-likeness (QED) is 0.512. The van der Waals surface area contributed by atoms with Gasteiger partial charge >= 0.3 is 0 Å². The zero-order chi connectivity index (χ0) is 22.7. The molecule has 2 aromatic carbocycles. The molecule has 1 aromatic heterocycles. The highest BCUT2D eigenvalue weighted by molar-refractivity contribution is 6.36. The minimum Gasteiger partial charge on any atom is -0.383 e. The molecule has 0 unspecified atom stereocenters. The number of hydrogen-bond acceptors (Lipinski definition) is 5. The monoisotopic (exact) mass is 488 g/mol. The third-order valence-electron chi connectivity index (χ3n) is 5.78. The van der Waals surface area contributed by atoms with Crippen molar-refractivity contribution < 1.29 is 0 Å². The van der Waals surface area contributed by atoms with Crippen LogP contribution in [0.15, 0.2) is 48.7 Å². The molecule has 1 aliphatic rings. The van der Waals surface area contributed by atoms with E-state index in [0.29, 0.717) is 33.0 Å². The maximum atomic E-state index is 9.05. The van der Waals surface area contributed by atoms with Gasteiger partial charge in [0, 0.05) is 42.8 Å². The Morgan fingerprint density at radius 2 is 1.78 bits per heavy atom.